The van der Waals surface area contributed by atoms with Crippen molar-refractivity contribution >= 4 is 11.6 Å². The molecule has 0 radical (unpaired) electrons. The first-order valence-corrected chi connectivity index (χ1v) is 5.33. The molecule has 0 saturated heterocycles. The summed E-state index contributed by atoms with van der Waals surface area (Å²) in [5.41, 5.74) is 1.82. The number of aliphatic hydroxyl groups excluding tert-OH is 1. The SMILES string of the molecule is CC(=O)Nc1ccccc1CNC(C)CO. The molecule has 1 aromatic carbocycles. The molecule has 0 aliphatic rings. The second kappa shape index (κ2) is 6.25. The van der Waals surface area contributed by atoms with Crippen LogP contribution < -0.4 is 10.6 Å². The highest BCUT2D eigenvalue weighted by Crippen LogP contribution is 2.14. The van der Waals surface area contributed by atoms with Crippen LogP contribution in [0.15, 0.2) is 24.3 Å². The molecule has 0 saturated carbocycles. The molecule has 0 spiro atoms. The van der Waals surface area contributed by atoms with Crippen molar-refractivity contribution in [1.29, 1.82) is 0 Å². The number of benzene rings is 1. The summed E-state index contributed by atoms with van der Waals surface area (Å²) in [5.74, 6) is -0.0809. The molecule has 0 aliphatic carbocycles. The molecule has 4 heteroatoms. The Morgan fingerprint density at radius 2 is 2.12 bits per heavy atom. The molecule has 0 aliphatic heterocycles. The van der Waals surface area contributed by atoms with Crippen LogP contribution in [0.1, 0.15) is 19.4 Å². The molecule has 1 atom stereocenters. The Hall–Kier alpha value is -1.39. The number of amides is 1. The molecule has 1 rings (SSSR count). The summed E-state index contributed by atoms with van der Waals surface area (Å²) in [5, 5.41) is 14.8. The Balaban J connectivity index is 2.67. The molecule has 0 heterocycles. The van der Waals surface area contributed by atoms with Crippen molar-refractivity contribution in [2.24, 2.45) is 0 Å². The number of anilines is 1. The topological polar surface area (TPSA) is 61.4 Å². The zero-order chi connectivity index (χ0) is 12.0. The van der Waals surface area contributed by atoms with Gasteiger partial charge in [0.25, 0.3) is 0 Å². The van der Waals surface area contributed by atoms with Crippen molar-refractivity contribution in [3.05, 3.63) is 29.8 Å². The molecule has 0 aromatic heterocycles. The smallest absolute Gasteiger partial charge is 0.221 e. The highest BCUT2D eigenvalue weighted by molar-refractivity contribution is 5.89. The zero-order valence-corrected chi connectivity index (χ0v) is 9.66. The van der Waals surface area contributed by atoms with Gasteiger partial charge in [-0.3, -0.25) is 4.79 Å². The average Bonchev–Trinajstić information content (AvgIpc) is 2.26. The van der Waals surface area contributed by atoms with E-state index in [1.165, 1.54) is 6.92 Å². The van der Waals surface area contributed by atoms with Gasteiger partial charge in [-0.15, -0.1) is 0 Å². The van der Waals surface area contributed by atoms with E-state index in [1.54, 1.807) is 0 Å². The Morgan fingerprint density at radius 1 is 1.44 bits per heavy atom. The van der Waals surface area contributed by atoms with Gasteiger partial charge < -0.3 is 15.7 Å². The van der Waals surface area contributed by atoms with Gasteiger partial charge in [0.1, 0.15) is 0 Å². The first-order chi connectivity index (χ1) is 7.63. The Kier molecular flexibility index (Phi) is 4.95. The highest BCUT2D eigenvalue weighted by Gasteiger charge is 2.04. The maximum atomic E-state index is 11.0. The molecule has 0 fully saturated rings. The molecule has 3 N–H and O–H groups in total. The lowest BCUT2D eigenvalue weighted by molar-refractivity contribution is -0.114. The van der Waals surface area contributed by atoms with Crippen LogP contribution in [0.2, 0.25) is 0 Å². The maximum Gasteiger partial charge on any atom is 0.221 e. The van der Waals surface area contributed by atoms with Crippen molar-refractivity contribution < 1.29 is 9.90 Å². The van der Waals surface area contributed by atoms with Crippen LogP contribution in [0, 0.1) is 0 Å². The van der Waals surface area contributed by atoms with Gasteiger partial charge in [0.05, 0.1) is 6.61 Å². The first kappa shape index (κ1) is 12.7. The summed E-state index contributed by atoms with van der Waals surface area (Å²) in [6.07, 6.45) is 0. The minimum atomic E-state index is -0.0809. The number of carbonyl (C=O) groups excluding carboxylic acids is 1. The minimum absolute atomic E-state index is 0.0467. The van der Waals surface area contributed by atoms with Gasteiger partial charge in [-0.05, 0) is 18.6 Å². The van der Waals surface area contributed by atoms with Gasteiger partial charge in [-0.25, -0.2) is 0 Å². The number of para-hydroxylation sites is 1. The molecule has 1 aromatic rings. The first-order valence-electron chi connectivity index (χ1n) is 5.33. The lowest BCUT2D eigenvalue weighted by atomic mass is 10.1. The van der Waals surface area contributed by atoms with E-state index >= 15 is 0 Å². The molecular weight excluding hydrogens is 204 g/mol. The standard InChI is InChI=1S/C12H18N2O2/c1-9(8-15)13-7-11-5-3-4-6-12(11)14-10(2)16/h3-6,9,13,15H,7-8H2,1-2H3,(H,14,16). The lowest BCUT2D eigenvalue weighted by Gasteiger charge is -2.13. The highest BCUT2D eigenvalue weighted by atomic mass is 16.3. The Morgan fingerprint density at radius 3 is 2.75 bits per heavy atom. The van der Waals surface area contributed by atoms with Crippen LogP contribution in [0.4, 0.5) is 5.69 Å². The fourth-order valence-electron chi connectivity index (χ4n) is 1.33. The molecule has 1 unspecified atom stereocenters. The molecule has 4 nitrogen and oxygen atoms in total. The molecule has 16 heavy (non-hydrogen) atoms. The van der Waals surface area contributed by atoms with Crippen molar-refractivity contribution in [3.63, 3.8) is 0 Å². The van der Waals surface area contributed by atoms with Crippen molar-refractivity contribution in [2.45, 2.75) is 26.4 Å². The van der Waals surface area contributed by atoms with Crippen molar-refractivity contribution in [3.8, 4) is 0 Å². The predicted octanol–water partition coefficient (Wildman–Crippen LogP) is 1.12. The van der Waals surface area contributed by atoms with Gasteiger partial charge in [0.2, 0.25) is 5.91 Å². The van der Waals surface area contributed by atoms with Gasteiger partial charge in [-0.1, -0.05) is 18.2 Å². The van der Waals surface area contributed by atoms with E-state index in [1.807, 2.05) is 31.2 Å². The van der Waals surface area contributed by atoms with E-state index in [4.69, 9.17) is 5.11 Å². The van der Waals surface area contributed by atoms with Crippen LogP contribution >= 0.6 is 0 Å². The summed E-state index contributed by atoms with van der Waals surface area (Å²) in [4.78, 5) is 11.0. The van der Waals surface area contributed by atoms with E-state index in [-0.39, 0.29) is 18.6 Å². The predicted molar refractivity (Wildman–Crippen MR) is 64.1 cm³/mol. The Bertz CT molecular complexity index is 353. The van der Waals surface area contributed by atoms with E-state index in [2.05, 4.69) is 10.6 Å². The number of hydrogen-bond donors (Lipinski definition) is 3. The summed E-state index contributed by atoms with van der Waals surface area (Å²) < 4.78 is 0. The average molecular weight is 222 g/mol. The second-order valence-corrected chi connectivity index (χ2v) is 3.80. The fourth-order valence-corrected chi connectivity index (χ4v) is 1.33. The number of nitrogens with one attached hydrogen (secondary N) is 2. The zero-order valence-electron chi connectivity index (χ0n) is 9.66. The van der Waals surface area contributed by atoms with Crippen molar-refractivity contribution in [2.75, 3.05) is 11.9 Å². The van der Waals surface area contributed by atoms with Gasteiger partial charge in [0, 0.05) is 25.2 Å². The number of carbonyl (C=O) groups is 1. The third-order valence-electron chi connectivity index (χ3n) is 2.24. The quantitative estimate of drug-likeness (QED) is 0.699. The Labute approximate surface area is 95.7 Å². The van der Waals surface area contributed by atoms with E-state index in [9.17, 15) is 4.79 Å². The van der Waals surface area contributed by atoms with Crippen LogP contribution in [0.3, 0.4) is 0 Å². The van der Waals surface area contributed by atoms with Gasteiger partial charge in [-0.2, -0.15) is 0 Å². The largest absolute Gasteiger partial charge is 0.395 e. The number of hydrogen-bond acceptors (Lipinski definition) is 3. The maximum absolute atomic E-state index is 11.0. The second-order valence-electron chi connectivity index (χ2n) is 3.80. The van der Waals surface area contributed by atoms with Crippen molar-refractivity contribution in [1.82, 2.24) is 5.32 Å². The molecule has 0 bridgehead atoms. The molecular formula is C12H18N2O2. The van der Waals surface area contributed by atoms with E-state index < -0.39 is 0 Å². The third-order valence-corrected chi connectivity index (χ3v) is 2.24. The summed E-state index contributed by atoms with van der Waals surface area (Å²) in [6.45, 7) is 4.11. The normalized spacial score (nSPS) is 12.2. The van der Waals surface area contributed by atoms with Crippen LogP contribution in [0.5, 0.6) is 0 Å². The van der Waals surface area contributed by atoms with E-state index in [0.717, 1.165) is 11.3 Å². The number of aliphatic hydroxyl groups is 1. The minimum Gasteiger partial charge on any atom is -0.395 e. The lowest BCUT2D eigenvalue weighted by Crippen LogP contribution is -2.29. The van der Waals surface area contributed by atoms with Crippen LogP contribution in [0.25, 0.3) is 0 Å². The van der Waals surface area contributed by atoms with Crippen LogP contribution in [-0.2, 0) is 11.3 Å². The summed E-state index contributed by atoms with van der Waals surface area (Å²) in [7, 11) is 0. The third kappa shape index (κ3) is 4.00. The summed E-state index contributed by atoms with van der Waals surface area (Å²) >= 11 is 0. The summed E-state index contributed by atoms with van der Waals surface area (Å²) in [6, 6.07) is 7.66. The number of rotatable bonds is 5. The van der Waals surface area contributed by atoms with Gasteiger partial charge in [0.15, 0.2) is 0 Å². The van der Waals surface area contributed by atoms with E-state index in [0.29, 0.717) is 6.54 Å². The fraction of sp³-hybridized carbons (Fsp3) is 0.417. The van der Waals surface area contributed by atoms with Crippen LogP contribution in [-0.4, -0.2) is 23.7 Å². The van der Waals surface area contributed by atoms with Gasteiger partial charge >= 0.3 is 0 Å². The monoisotopic (exact) mass is 222 g/mol. The molecule has 88 valence electrons. The molecule has 1 amide bonds.